The molecule has 0 saturated carbocycles. The van der Waals surface area contributed by atoms with Gasteiger partial charge in [-0.05, 0) is 12.8 Å². The van der Waals surface area contributed by atoms with E-state index >= 15 is 0 Å². The van der Waals surface area contributed by atoms with Crippen molar-refractivity contribution in [2.75, 3.05) is 19.7 Å². The summed E-state index contributed by atoms with van der Waals surface area (Å²) in [4.78, 5) is 10.2. The number of hydrogen-bond acceptors (Lipinski definition) is 3. The fourth-order valence-electron chi connectivity index (χ4n) is 1.36. The third-order valence-corrected chi connectivity index (χ3v) is 2.86. The second-order valence-corrected chi connectivity index (χ2v) is 3.74. The lowest BCUT2D eigenvalue weighted by Crippen LogP contribution is -2.36. The van der Waals surface area contributed by atoms with Gasteiger partial charge in [0, 0.05) is 31.2 Å². The summed E-state index contributed by atoms with van der Waals surface area (Å²) < 4.78 is 0. The monoisotopic (exact) mass is 215 g/mol. The first-order valence-corrected chi connectivity index (χ1v) is 5.31. The molecule has 0 aromatic carbocycles. The molecule has 0 unspecified atom stereocenters. The number of hydrogen-bond donors (Lipinski definition) is 3. The summed E-state index contributed by atoms with van der Waals surface area (Å²) in [5, 5.41) is 20.8. The normalized spacial score (nSPS) is 12.2. The number of nitrogens with one attached hydrogen (secondary N) is 1. The van der Waals surface area contributed by atoms with Gasteiger partial charge in [0.2, 0.25) is 0 Å². The molecule has 0 amide bonds. The number of carbonyl (C=O) groups is 1. The minimum atomic E-state index is -0.934. The highest BCUT2D eigenvalue weighted by atomic mass is 16.4. The van der Waals surface area contributed by atoms with E-state index < -0.39 is 5.97 Å². The fraction of sp³-hybridized carbons (Fsp3) is 0.727. The van der Waals surface area contributed by atoms with Crippen LogP contribution in [0.5, 0.6) is 0 Å². The number of aliphatic hydroxyl groups is 1. The zero-order chi connectivity index (χ0) is 11.7. The van der Waals surface area contributed by atoms with E-state index in [1.54, 1.807) is 6.08 Å². The van der Waals surface area contributed by atoms with E-state index in [0.29, 0.717) is 13.1 Å². The van der Waals surface area contributed by atoms with E-state index in [0.717, 1.165) is 18.9 Å². The van der Waals surface area contributed by atoms with Crippen LogP contribution in [0.15, 0.2) is 12.2 Å². The Morgan fingerprint density at radius 1 is 1.40 bits per heavy atom. The van der Waals surface area contributed by atoms with Gasteiger partial charge < -0.3 is 15.5 Å². The molecule has 0 bridgehead atoms. The molecular weight excluding hydrogens is 194 g/mol. The van der Waals surface area contributed by atoms with Crippen molar-refractivity contribution in [2.24, 2.45) is 5.41 Å². The van der Waals surface area contributed by atoms with Crippen molar-refractivity contribution in [1.29, 1.82) is 0 Å². The van der Waals surface area contributed by atoms with Gasteiger partial charge in [-0.15, -0.1) is 0 Å². The number of aliphatic hydroxyl groups excluding tert-OH is 1. The molecule has 0 aliphatic rings. The Kier molecular flexibility index (Phi) is 6.99. The summed E-state index contributed by atoms with van der Waals surface area (Å²) in [5.41, 5.74) is -0.0724. The summed E-state index contributed by atoms with van der Waals surface area (Å²) in [6.07, 6.45) is 4.51. The molecule has 0 fully saturated rings. The zero-order valence-corrected chi connectivity index (χ0v) is 9.49. The third kappa shape index (κ3) is 5.54. The van der Waals surface area contributed by atoms with Crippen LogP contribution in [0.25, 0.3) is 0 Å². The van der Waals surface area contributed by atoms with E-state index in [-0.39, 0.29) is 12.0 Å². The number of carboxylic acid groups (broad SMARTS) is 1. The Balaban J connectivity index is 3.86. The predicted octanol–water partition coefficient (Wildman–Crippen LogP) is 1.02. The average molecular weight is 215 g/mol. The van der Waals surface area contributed by atoms with Gasteiger partial charge in [0.25, 0.3) is 0 Å². The van der Waals surface area contributed by atoms with Crippen LogP contribution in [0, 0.1) is 5.41 Å². The summed E-state index contributed by atoms with van der Waals surface area (Å²) in [5.74, 6) is -0.934. The quantitative estimate of drug-likeness (QED) is 0.417. The summed E-state index contributed by atoms with van der Waals surface area (Å²) in [6, 6.07) is 0. The van der Waals surface area contributed by atoms with Crippen molar-refractivity contribution in [3.63, 3.8) is 0 Å². The summed E-state index contributed by atoms with van der Waals surface area (Å²) >= 11 is 0. The number of carboxylic acids is 1. The number of rotatable bonds is 8. The zero-order valence-electron chi connectivity index (χ0n) is 9.49. The SMILES string of the molecule is CCC(CC)(CO)CNC/C=C/C(=O)O. The van der Waals surface area contributed by atoms with Gasteiger partial charge in [-0.1, -0.05) is 19.9 Å². The van der Waals surface area contributed by atoms with E-state index in [9.17, 15) is 9.90 Å². The van der Waals surface area contributed by atoms with Gasteiger partial charge >= 0.3 is 5.97 Å². The smallest absolute Gasteiger partial charge is 0.328 e. The van der Waals surface area contributed by atoms with Crippen LogP contribution in [-0.4, -0.2) is 35.9 Å². The molecule has 0 spiro atoms. The van der Waals surface area contributed by atoms with Gasteiger partial charge in [0.1, 0.15) is 0 Å². The molecule has 0 aromatic heterocycles. The van der Waals surface area contributed by atoms with Gasteiger partial charge in [0.15, 0.2) is 0 Å². The Morgan fingerprint density at radius 3 is 2.40 bits per heavy atom. The fourth-order valence-corrected chi connectivity index (χ4v) is 1.36. The molecule has 0 aliphatic heterocycles. The van der Waals surface area contributed by atoms with E-state index in [1.807, 2.05) is 0 Å². The van der Waals surface area contributed by atoms with Gasteiger partial charge in [0.05, 0.1) is 0 Å². The first-order valence-electron chi connectivity index (χ1n) is 5.31. The number of aliphatic carboxylic acids is 1. The highest BCUT2D eigenvalue weighted by molar-refractivity contribution is 5.79. The predicted molar refractivity (Wildman–Crippen MR) is 59.7 cm³/mol. The molecule has 0 aromatic rings. The van der Waals surface area contributed by atoms with Crippen LogP contribution < -0.4 is 5.32 Å². The van der Waals surface area contributed by atoms with Crippen LogP contribution in [0.4, 0.5) is 0 Å². The lowest BCUT2D eigenvalue weighted by Gasteiger charge is -2.29. The summed E-state index contributed by atoms with van der Waals surface area (Å²) in [7, 11) is 0. The molecule has 3 N–H and O–H groups in total. The van der Waals surface area contributed by atoms with E-state index in [1.165, 1.54) is 0 Å². The molecule has 15 heavy (non-hydrogen) atoms. The summed E-state index contributed by atoms with van der Waals surface area (Å²) in [6.45, 7) is 5.49. The highest BCUT2D eigenvalue weighted by Gasteiger charge is 2.24. The molecule has 0 radical (unpaired) electrons. The van der Waals surface area contributed by atoms with Crippen LogP contribution in [0.3, 0.4) is 0 Å². The minimum Gasteiger partial charge on any atom is -0.478 e. The molecule has 0 atom stereocenters. The Morgan fingerprint density at radius 2 is 2.00 bits per heavy atom. The lowest BCUT2D eigenvalue weighted by atomic mass is 9.83. The Labute approximate surface area is 91.0 Å². The van der Waals surface area contributed by atoms with Crippen LogP contribution in [0.2, 0.25) is 0 Å². The van der Waals surface area contributed by atoms with Gasteiger partial charge in [-0.3, -0.25) is 0 Å². The minimum absolute atomic E-state index is 0.0724. The van der Waals surface area contributed by atoms with Crippen molar-refractivity contribution in [3.05, 3.63) is 12.2 Å². The highest BCUT2D eigenvalue weighted by Crippen LogP contribution is 2.24. The molecule has 0 aliphatic carbocycles. The lowest BCUT2D eigenvalue weighted by molar-refractivity contribution is -0.131. The van der Waals surface area contributed by atoms with Crippen molar-refractivity contribution in [3.8, 4) is 0 Å². The van der Waals surface area contributed by atoms with Gasteiger partial charge in [-0.2, -0.15) is 0 Å². The third-order valence-electron chi connectivity index (χ3n) is 2.86. The first-order chi connectivity index (χ1) is 7.10. The Hall–Kier alpha value is -0.870. The van der Waals surface area contributed by atoms with E-state index in [4.69, 9.17) is 5.11 Å². The van der Waals surface area contributed by atoms with Crippen molar-refractivity contribution >= 4 is 5.97 Å². The molecule has 0 rings (SSSR count). The maximum absolute atomic E-state index is 10.2. The second-order valence-electron chi connectivity index (χ2n) is 3.74. The Bertz CT molecular complexity index is 202. The largest absolute Gasteiger partial charge is 0.478 e. The van der Waals surface area contributed by atoms with Crippen LogP contribution in [-0.2, 0) is 4.79 Å². The van der Waals surface area contributed by atoms with Gasteiger partial charge in [-0.25, -0.2) is 4.79 Å². The van der Waals surface area contributed by atoms with Crippen molar-refractivity contribution in [1.82, 2.24) is 5.32 Å². The molecule has 0 heterocycles. The van der Waals surface area contributed by atoms with Crippen molar-refractivity contribution < 1.29 is 15.0 Å². The maximum atomic E-state index is 10.2. The topological polar surface area (TPSA) is 69.6 Å². The second kappa shape index (κ2) is 7.43. The van der Waals surface area contributed by atoms with Crippen LogP contribution >= 0.6 is 0 Å². The van der Waals surface area contributed by atoms with Crippen molar-refractivity contribution in [2.45, 2.75) is 26.7 Å². The van der Waals surface area contributed by atoms with E-state index in [2.05, 4.69) is 19.2 Å². The van der Waals surface area contributed by atoms with Crippen LogP contribution in [0.1, 0.15) is 26.7 Å². The molecule has 88 valence electrons. The molecule has 4 heteroatoms. The molecule has 4 nitrogen and oxygen atoms in total. The first kappa shape index (κ1) is 14.1. The maximum Gasteiger partial charge on any atom is 0.328 e. The standard InChI is InChI=1S/C11H21NO3/c1-3-11(4-2,9-13)8-12-7-5-6-10(14)15/h5-6,12-13H,3-4,7-9H2,1-2H3,(H,14,15)/b6-5+. The average Bonchev–Trinajstić information content (AvgIpc) is 2.24. The molecule has 0 saturated heterocycles. The molecular formula is C11H21NO3.